The summed E-state index contributed by atoms with van der Waals surface area (Å²) in [6.45, 7) is 0. The minimum Gasteiger partial charge on any atom is -0.0843 e. The van der Waals surface area contributed by atoms with Crippen LogP contribution in [0.2, 0.25) is 5.02 Å². The second-order valence-electron chi connectivity index (χ2n) is 8.33. The predicted molar refractivity (Wildman–Crippen MR) is 147 cm³/mol. The number of rotatable bonds is 3. The number of fused-ring (bicyclic) bond motifs is 2. The first kappa shape index (κ1) is 20.6. The van der Waals surface area contributed by atoms with E-state index in [0.717, 1.165) is 5.02 Å². The third-order valence-corrected chi connectivity index (χ3v) is 14.7. The molecule has 0 atom stereocenters. The van der Waals surface area contributed by atoms with Crippen molar-refractivity contribution in [1.82, 2.24) is 0 Å². The van der Waals surface area contributed by atoms with E-state index in [1.54, 1.807) is 0 Å². The minimum absolute atomic E-state index is 0.674. The van der Waals surface area contributed by atoms with E-state index in [-0.39, 0.29) is 0 Å². The largest absolute Gasteiger partial charge is 0.180 e. The first-order chi connectivity index (χ1) is 16.3. The number of benzene rings is 5. The molecule has 6 rings (SSSR count). The van der Waals surface area contributed by atoms with Crippen LogP contribution in [0.4, 0.5) is 0 Å². The Balaban J connectivity index is 1.76. The van der Waals surface area contributed by atoms with Gasteiger partial charge in [-0.2, -0.15) is 0 Å². The Bertz CT molecular complexity index is 1330. The second kappa shape index (κ2) is 8.43. The molecule has 1 heterocycles. The Hall–Kier alpha value is -2.96. The molecule has 0 fully saturated rings. The van der Waals surface area contributed by atoms with Gasteiger partial charge in [-0.05, 0) is 56.7 Å². The summed E-state index contributed by atoms with van der Waals surface area (Å²) in [7, 11) is -3.15. The molecule has 0 radical (unpaired) electrons. The van der Waals surface area contributed by atoms with Crippen LogP contribution in [-0.4, -0.2) is 8.07 Å². The zero-order chi connectivity index (χ0) is 22.3. The summed E-state index contributed by atoms with van der Waals surface area (Å²) in [5, 5.41) is 10.9. The molecule has 0 saturated carbocycles. The molecular weight excluding hydrogens is 455 g/mol. The van der Waals surface area contributed by atoms with Gasteiger partial charge in [0, 0.05) is 5.02 Å². The molecule has 33 heavy (non-hydrogen) atoms. The molecule has 5 aromatic carbocycles. The normalized spacial score (nSPS) is 14.3. The van der Waals surface area contributed by atoms with Crippen LogP contribution in [-0.2, 0) is 0 Å². The summed E-state index contributed by atoms with van der Waals surface area (Å²) >= 11 is 6.27. The van der Waals surface area contributed by atoms with Gasteiger partial charge in [0.25, 0.3) is 0 Å². The average Bonchev–Trinajstić information content (AvgIpc) is 2.89. The van der Waals surface area contributed by atoms with Gasteiger partial charge in [0.2, 0.25) is 0 Å². The quantitative estimate of drug-likeness (QED) is 0.269. The highest BCUT2D eigenvalue weighted by Crippen LogP contribution is 2.35. The van der Waals surface area contributed by atoms with Gasteiger partial charge in [-0.15, -0.1) is 0 Å². The maximum Gasteiger partial charge on any atom is 0.180 e. The Labute approximate surface area is 202 Å². The first-order valence-corrected chi connectivity index (χ1v) is 14.9. The fraction of sp³-hybridized carbons (Fsp3) is 0. The van der Waals surface area contributed by atoms with Crippen molar-refractivity contribution >= 4 is 64.3 Å². The lowest BCUT2D eigenvalue weighted by atomic mass is 10.3. The molecule has 0 saturated heterocycles. The molecular formula is C30H22ClPSi. The standard InChI is InChI=1S/C30H22ClPSi/c31-23-19-21-24(22-20-23)32-27-15-7-9-17-29(27)33(25-11-3-1-4-12-25,26-13-5-2-6-14-26)30-18-10-8-16-28(30)32/h1-22H. The lowest BCUT2D eigenvalue weighted by Crippen LogP contribution is -2.81. The fourth-order valence-electron chi connectivity index (χ4n) is 5.28. The van der Waals surface area contributed by atoms with Gasteiger partial charge in [0.1, 0.15) is 0 Å². The molecule has 0 spiro atoms. The number of hydrogen-bond donors (Lipinski definition) is 0. The molecule has 0 N–H and O–H groups in total. The highest BCUT2D eigenvalue weighted by molar-refractivity contribution is 7.81. The van der Waals surface area contributed by atoms with Crippen LogP contribution in [0.1, 0.15) is 0 Å². The zero-order valence-electron chi connectivity index (χ0n) is 18.0. The zero-order valence-corrected chi connectivity index (χ0v) is 20.7. The van der Waals surface area contributed by atoms with Crippen molar-refractivity contribution in [3.05, 3.63) is 138 Å². The van der Waals surface area contributed by atoms with Crippen molar-refractivity contribution in [2.45, 2.75) is 0 Å². The maximum atomic E-state index is 6.27. The Kier molecular flexibility index (Phi) is 5.27. The summed E-state index contributed by atoms with van der Waals surface area (Å²) in [6, 6.07) is 49.2. The first-order valence-electron chi connectivity index (χ1n) is 11.2. The van der Waals surface area contributed by atoms with Crippen LogP contribution in [0.15, 0.2) is 133 Å². The molecule has 0 amide bonds. The van der Waals surface area contributed by atoms with Crippen LogP contribution >= 0.6 is 19.5 Å². The smallest absolute Gasteiger partial charge is 0.0843 e. The van der Waals surface area contributed by atoms with Crippen LogP contribution in [0.5, 0.6) is 0 Å². The molecule has 5 aromatic rings. The molecule has 158 valence electrons. The Morgan fingerprint density at radius 3 is 1.36 bits per heavy atom. The molecule has 3 heteroatoms. The van der Waals surface area contributed by atoms with Crippen molar-refractivity contribution in [2.75, 3.05) is 0 Å². The fourth-order valence-corrected chi connectivity index (χ4v) is 14.3. The van der Waals surface area contributed by atoms with Gasteiger partial charge in [0.15, 0.2) is 8.07 Å². The van der Waals surface area contributed by atoms with Crippen molar-refractivity contribution in [2.24, 2.45) is 0 Å². The summed E-state index contributed by atoms with van der Waals surface area (Å²) in [4.78, 5) is 0. The van der Waals surface area contributed by atoms with Gasteiger partial charge >= 0.3 is 0 Å². The minimum atomic E-state index is -2.47. The van der Waals surface area contributed by atoms with E-state index in [0.29, 0.717) is 0 Å². The van der Waals surface area contributed by atoms with Crippen LogP contribution in [0.3, 0.4) is 0 Å². The third-order valence-electron chi connectivity index (χ3n) is 6.60. The van der Waals surface area contributed by atoms with Crippen molar-refractivity contribution < 1.29 is 0 Å². The maximum absolute atomic E-state index is 6.27. The molecule has 0 aliphatic carbocycles. The molecule has 1 aliphatic heterocycles. The lowest BCUT2D eigenvalue weighted by Gasteiger charge is -2.43. The van der Waals surface area contributed by atoms with Crippen LogP contribution in [0, 0.1) is 0 Å². The van der Waals surface area contributed by atoms with Gasteiger partial charge in [-0.1, -0.05) is 133 Å². The number of halogens is 1. The van der Waals surface area contributed by atoms with Gasteiger partial charge < -0.3 is 0 Å². The van der Waals surface area contributed by atoms with E-state index in [9.17, 15) is 0 Å². The lowest BCUT2D eigenvalue weighted by molar-refractivity contribution is 1.68. The van der Waals surface area contributed by atoms with Gasteiger partial charge in [0.05, 0.1) is 0 Å². The predicted octanol–water partition coefficient (Wildman–Crippen LogP) is 3.79. The summed E-state index contributed by atoms with van der Waals surface area (Å²) in [5.41, 5.74) is 0. The summed E-state index contributed by atoms with van der Waals surface area (Å²) in [6.07, 6.45) is 0. The molecule has 0 aromatic heterocycles. The van der Waals surface area contributed by atoms with E-state index in [2.05, 4.69) is 121 Å². The van der Waals surface area contributed by atoms with E-state index >= 15 is 0 Å². The van der Waals surface area contributed by atoms with E-state index in [4.69, 9.17) is 11.6 Å². The van der Waals surface area contributed by atoms with Crippen molar-refractivity contribution in [3.8, 4) is 0 Å². The van der Waals surface area contributed by atoms with Crippen molar-refractivity contribution in [3.63, 3.8) is 0 Å². The third kappa shape index (κ3) is 3.23. The molecule has 1 aliphatic rings. The summed E-state index contributed by atoms with van der Waals surface area (Å²) < 4.78 is 0. The molecule has 0 nitrogen and oxygen atoms in total. The molecule has 0 unspecified atom stereocenters. The van der Waals surface area contributed by atoms with E-state index in [1.807, 2.05) is 12.1 Å². The highest BCUT2D eigenvalue weighted by atomic mass is 35.5. The number of hydrogen-bond acceptors (Lipinski definition) is 0. The van der Waals surface area contributed by atoms with Gasteiger partial charge in [-0.25, -0.2) is 0 Å². The summed E-state index contributed by atoms with van der Waals surface area (Å²) in [5.74, 6) is 0. The van der Waals surface area contributed by atoms with E-state index < -0.39 is 16.0 Å². The van der Waals surface area contributed by atoms with Crippen LogP contribution in [0.25, 0.3) is 0 Å². The highest BCUT2D eigenvalue weighted by Gasteiger charge is 2.48. The van der Waals surface area contributed by atoms with Gasteiger partial charge in [-0.3, -0.25) is 0 Å². The Morgan fingerprint density at radius 2 is 0.879 bits per heavy atom. The van der Waals surface area contributed by atoms with E-state index in [1.165, 1.54) is 36.7 Å². The monoisotopic (exact) mass is 476 g/mol. The average molecular weight is 477 g/mol. The topological polar surface area (TPSA) is 0 Å². The second-order valence-corrected chi connectivity index (χ2v) is 14.6. The van der Waals surface area contributed by atoms with Crippen LogP contribution < -0.4 is 36.7 Å². The van der Waals surface area contributed by atoms with Crippen molar-refractivity contribution in [1.29, 1.82) is 0 Å². The Morgan fingerprint density at radius 1 is 0.455 bits per heavy atom. The SMILES string of the molecule is Clc1ccc(P2c3ccccc3[Si](c3ccccc3)(c3ccccc3)c3ccccc32)cc1. The molecule has 0 bridgehead atoms.